The van der Waals surface area contributed by atoms with Gasteiger partial charge in [-0.05, 0) is 38.1 Å². The van der Waals surface area contributed by atoms with Gasteiger partial charge >= 0.3 is 0 Å². The Morgan fingerprint density at radius 3 is 2.57 bits per heavy atom. The van der Waals surface area contributed by atoms with Gasteiger partial charge in [0, 0.05) is 29.2 Å². The normalized spacial score (nSPS) is 15.1. The molecule has 0 aromatic heterocycles. The molecule has 7 nitrogen and oxygen atoms in total. The summed E-state index contributed by atoms with van der Waals surface area (Å²) in [6.07, 6.45) is 2.54. The van der Waals surface area contributed by atoms with E-state index >= 15 is 0 Å². The standard InChI is InChI=1S/C21H24N2O5/c1-5-27-19-9-14-6-13(2)28-20(14)10-16(19)12-22-23-21(24)15-7-17(25-3)11-18(8-15)26-4/h7-13H,5-6H2,1-4H3,(H,23,24)/b22-12-/t13-/m1/s1. The summed E-state index contributed by atoms with van der Waals surface area (Å²) < 4.78 is 21.9. The third-order valence-electron chi connectivity index (χ3n) is 4.31. The first-order chi connectivity index (χ1) is 13.5. The van der Waals surface area contributed by atoms with Gasteiger partial charge in [0.25, 0.3) is 5.91 Å². The van der Waals surface area contributed by atoms with Crippen LogP contribution >= 0.6 is 0 Å². The Hall–Kier alpha value is -3.22. The van der Waals surface area contributed by atoms with Crippen molar-refractivity contribution < 1.29 is 23.7 Å². The maximum atomic E-state index is 12.4. The third-order valence-corrected chi connectivity index (χ3v) is 4.31. The van der Waals surface area contributed by atoms with Gasteiger partial charge in [-0.3, -0.25) is 4.79 Å². The highest BCUT2D eigenvalue weighted by atomic mass is 16.5. The van der Waals surface area contributed by atoms with Gasteiger partial charge in [-0.2, -0.15) is 5.10 Å². The van der Waals surface area contributed by atoms with E-state index in [9.17, 15) is 4.79 Å². The van der Waals surface area contributed by atoms with Crippen molar-refractivity contribution in [3.8, 4) is 23.0 Å². The van der Waals surface area contributed by atoms with Crippen LogP contribution in [0.2, 0.25) is 0 Å². The van der Waals surface area contributed by atoms with Crippen LogP contribution in [0.15, 0.2) is 35.4 Å². The molecule has 0 spiro atoms. The quantitative estimate of drug-likeness (QED) is 0.586. The molecule has 2 aromatic carbocycles. The number of ether oxygens (including phenoxy) is 4. The fourth-order valence-electron chi connectivity index (χ4n) is 3.00. The molecule has 0 saturated heterocycles. The minimum absolute atomic E-state index is 0.138. The Labute approximate surface area is 164 Å². The SMILES string of the molecule is CCOc1cc2c(cc1/C=N\NC(=O)c1cc(OC)cc(OC)c1)O[C@H](C)C2. The number of methoxy groups -OCH3 is 2. The number of carbonyl (C=O) groups excluding carboxylic acids is 1. The highest BCUT2D eigenvalue weighted by Gasteiger charge is 2.21. The summed E-state index contributed by atoms with van der Waals surface area (Å²) in [6.45, 7) is 4.48. The average Bonchev–Trinajstić information content (AvgIpc) is 3.06. The average molecular weight is 384 g/mol. The zero-order valence-corrected chi connectivity index (χ0v) is 16.4. The Bertz CT molecular complexity index is 872. The van der Waals surface area contributed by atoms with E-state index in [4.69, 9.17) is 18.9 Å². The van der Waals surface area contributed by atoms with Gasteiger partial charge in [0.1, 0.15) is 29.1 Å². The van der Waals surface area contributed by atoms with E-state index in [2.05, 4.69) is 10.5 Å². The lowest BCUT2D eigenvalue weighted by Gasteiger charge is -2.10. The van der Waals surface area contributed by atoms with Crippen LogP contribution in [0.3, 0.4) is 0 Å². The second-order valence-corrected chi connectivity index (χ2v) is 6.36. The van der Waals surface area contributed by atoms with Crippen molar-refractivity contribution in [1.29, 1.82) is 0 Å². The first kappa shape index (κ1) is 19.5. The maximum Gasteiger partial charge on any atom is 0.271 e. The molecule has 0 aliphatic carbocycles. The second kappa shape index (κ2) is 8.65. The highest BCUT2D eigenvalue weighted by Crippen LogP contribution is 2.34. The topological polar surface area (TPSA) is 78.4 Å². The molecule has 3 rings (SSSR count). The van der Waals surface area contributed by atoms with Crippen LogP contribution in [-0.2, 0) is 6.42 Å². The first-order valence-electron chi connectivity index (χ1n) is 9.06. The number of amides is 1. The molecule has 0 unspecified atom stereocenters. The summed E-state index contributed by atoms with van der Waals surface area (Å²) >= 11 is 0. The van der Waals surface area contributed by atoms with Crippen molar-refractivity contribution in [2.45, 2.75) is 26.4 Å². The van der Waals surface area contributed by atoms with Crippen LogP contribution in [0.4, 0.5) is 0 Å². The molecule has 0 fully saturated rings. The zero-order chi connectivity index (χ0) is 20.1. The monoisotopic (exact) mass is 384 g/mol. The predicted octanol–water partition coefficient (Wildman–Crippen LogP) is 3.19. The fraction of sp³-hybridized carbons (Fsp3) is 0.333. The smallest absolute Gasteiger partial charge is 0.271 e. The Balaban J connectivity index is 1.77. The predicted molar refractivity (Wildman–Crippen MR) is 106 cm³/mol. The first-order valence-corrected chi connectivity index (χ1v) is 9.06. The third kappa shape index (κ3) is 4.36. The van der Waals surface area contributed by atoms with Gasteiger partial charge in [0.15, 0.2) is 0 Å². The van der Waals surface area contributed by atoms with E-state index in [0.717, 1.165) is 23.3 Å². The van der Waals surface area contributed by atoms with Gasteiger partial charge in [0.2, 0.25) is 0 Å². The van der Waals surface area contributed by atoms with E-state index in [1.54, 1.807) is 24.4 Å². The van der Waals surface area contributed by atoms with Crippen LogP contribution < -0.4 is 24.4 Å². The summed E-state index contributed by atoms with van der Waals surface area (Å²) in [5, 5.41) is 4.07. The fourth-order valence-corrected chi connectivity index (χ4v) is 3.00. The molecular weight excluding hydrogens is 360 g/mol. The number of hydrazone groups is 1. The van der Waals surface area contributed by atoms with Gasteiger partial charge < -0.3 is 18.9 Å². The van der Waals surface area contributed by atoms with E-state index in [0.29, 0.717) is 29.4 Å². The summed E-state index contributed by atoms with van der Waals surface area (Å²) in [5.41, 5.74) is 4.74. The second-order valence-electron chi connectivity index (χ2n) is 6.36. The van der Waals surface area contributed by atoms with Crippen molar-refractivity contribution in [2.24, 2.45) is 5.10 Å². The maximum absolute atomic E-state index is 12.4. The molecule has 2 aromatic rings. The van der Waals surface area contributed by atoms with Crippen molar-refractivity contribution in [1.82, 2.24) is 5.43 Å². The Kier molecular flexibility index (Phi) is 6.03. The molecular formula is C21H24N2O5. The molecule has 148 valence electrons. The highest BCUT2D eigenvalue weighted by molar-refractivity contribution is 5.96. The van der Waals surface area contributed by atoms with E-state index in [-0.39, 0.29) is 12.0 Å². The Morgan fingerprint density at radius 1 is 1.21 bits per heavy atom. The summed E-state index contributed by atoms with van der Waals surface area (Å²) in [7, 11) is 3.06. The lowest BCUT2D eigenvalue weighted by Crippen LogP contribution is -2.17. The molecule has 1 heterocycles. The van der Waals surface area contributed by atoms with Crippen molar-refractivity contribution >= 4 is 12.1 Å². The molecule has 7 heteroatoms. The van der Waals surface area contributed by atoms with E-state index in [1.165, 1.54) is 14.2 Å². The van der Waals surface area contributed by atoms with Crippen LogP contribution in [-0.4, -0.2) is 39.1 Å². The zero-order valence-electron chi connectivity index (χ0n) is 16.4. The molecule has 28 heavy (non-hydrogen) atoms. The summed E-state index contributed by atoms with van der Waals surface area (Å²) in [5.74, 6) is 2.20. The van der Waals surface area contributed by atoms with E-state index in [1.807, 2.05) is 26.0 Å². The number of hydrogen-bond donors (Lipinski definition) is 1. The summed E-state index contributed by atoms with van der Waals surface area (Å²) in [6, 6.07) is 8.78. The van der Waals surface area contributed by atoms with Crippen molar-refractivity contribution in [2.75, 3.05) is 20.8 Å². The van der Waals surface area contributed by atoms with Crippen LogP contribution in [0, 0.1) is 0 Å². The molecule has 0 radical (unpaired) electrons. The number of carbonyl (C=O) groups is 1. The van der Waals surface area contributed by atoms with Crippen molar-refractivity contribution in [3.05, 3.63) is 47.0 Å². The van der Waals surface area contributed by atoms with E-state index < -0.39 is 0 Å². The molecule has 0 bridgehead atoms. The van der Waals surface area contributed by atoms with Crippen LogP contribution in [0.25, 0.3) is 0 Å². The number of hydrogen-bond acceptors (Lipinski definition) is 6. The van der Waals surface area contributed by atoms with Gasteiger partial charge in [-0.1, -0.05) is 0 Å². The minimum atomic E-state index is -0.377. The number of nitrogens with one attached hydrogen (secondary N) is 1. The minimum Gasteiger partial charge on any atom is -0.497 e. The van der Waals surface area contributed by atoms with Crippen molar-refractivity contribution in [3.63, 3.8) is 0 Å². The lowest BCUT2D eigenvalue weighted by molar-refractivity contribution is 0.0954. The number of nitrogens with zero attached hydrogens (tertiary/aromatic N) is 1. The molecule has 1 N–H and O–H groups in total. The largest absolute Gasteiger partial charge is 0.497 e. The molecule has 1 atom stereocenters. The summed E-state index contributed by atoms with van der Waals surface area (Å²) in [4.78, 5) is 12.4. The lowest BCUT2D eigenvalue weighted by atomic mass is 10.1. The molecule has 1 aliphatic heterocycles. The molecule has 1 aliphatic rings. The Morgan fingerprint density at radius 2 is 1.93 bits per heavy atom. The van der Waals surface area contributed by atoms with Gasteiger partial charge in [0.05, 0.1) is 27.0 Å². The van der Waals surface area contributed by atoms with Gasteiger partial charge in [-0.25, -0.2) is 5.43 Å². The van der Waals surface area contributed by atoms with Crippen LogP contribution in [0.1, 0.15) is 35.3 Å². The van der Waals surface area contributed by atoms with Crippen LogP contribution in [0.5, 0.6) is 23.0 Å². The molecule has 1 amide bonds. The van der Waals surface area contributed by atoms with Gasteiger partial charge in [-0.15, -0.1) is 0 Å². The number of rotatable bonds is 7. The number of fused-ring (bicyclic) bond motifs is 1. The molecule has 0 saturated carbocycles. The number of benzene rings is 2.